The summed E-state index contributed by atoms with van der Waals surface area (Å²) in [7, 11) is 0. The average Bonchev–Trinajstić information content (AvgIpc) is 2.83. The molecule has 0 bridgehead atoms. The molecule has 0 spiro atoms. The maximum absolute atomic E-state index is 5.88. The lowest BCUT2D eigenvalue weighted by molar-refractivity contribution is 1.11. The van der Waals surface area contributed by atoms with E-state index in [-0.39, 0.29) is 0 Å². The van der Waals surface area contributed by atoms with Crippen LogP contribution in [0.15, 0.2) is 30.6 Å². The second-order valence-electron chi connectivity index (χ2n) is 3.29. The number of nitrogens with two attached hydrogens (primary N) is 1. The highest BCUT2D eigenvalue weighted by Crippen LogP contribution is 2.30. The maximum atomic E-state index is 5.88. The van der Waals surface area contributed by atoms with Crippen LogP contribution in [0.1, 0.15) is 0 Å². The second-order valence-corrected chi connectivity index (χ2v) is 5.00. The molecule has 0 aliphatic rings. The lowest BCUT2D eigenvalue weighted by Crippen LogP contribution is -1.93. The van der Waals surface area contributed by atoms with Gasteiger partial charge in [0.25, 0.3) is 0 Å². The summed E-state index contributed by atoms with van der Waals surface area (Å²) in [5.41, 5.74) is 6.45. The Morgan fingerprint density at radius 2 is 2.12 bits per heavy atom. The maximum Gasteiger partial charge on any atom is 0.236 e. The Kier molecular flexibility index (Phi) is 2.08. The number of rotatable bonds is 1. The van der Waals surface area contributed by atoms with Crippen LogP contribution in [0.4, 0.5) is 5.82 Å². The van der Waals surface area contributed by atoms with Crippen molar-refractivity contribution in [2.45, 2.75) is 0 Å². The van der Waals surface area contributed by atoms with E-state index in [2.05, 4.69) is 9.97 Å². The Bertz CT molecular complexity index is 658. The predicted octanol–water partition coefficient (Wildman–Crippen LogP) is 2.69. The lowest BCUT2D eigenvalue weighted by atomic mass is 10.4. The number of fused-ring (bicyclic) bond motifs is 1. The van der Waals surface area contributed by atoms with E-state index in [1.165, 1.54) is 11.3 Å². The van der Waals surface area contributed by atoms with Gasteiger partial charge in [-0.2, -0.15) is 4.98 Å². The zero-order valence-electron chi connectivity index (χ0n) is 8.09. The van der Waals surface area contributed by atoms with E-state index in [9.17, 15) is 0 Å². The van der Waals surface area contributed by atoms with Gasteiger partial charge in [0.05, 0.1) is 9.21 Å². The molecule has 80 valence electrons. The highest BCUT2D eigenvalue weighted by atomic mass is 35.5. The number of hydrogen-bond donors (Lipinski definition) is 1. The van der Waals surface area contributed by atoms with Gasteiger partial charge >= 0.3 is 0 Å². The van der Waals surface area contributed by atoms with Crippen LogP contribution in [0.3, 0.4) is 0 Å². The van der Waals surface area contributed by atoms with Gasteiger partial charge in [-0.3, -0.25) is 4.40 Å². The minimum Gasteiger partial charge on any atom is -0.384 e. The van der Waals surface area contributed by atoms with Gasteiger partial charge in [0.15, 0.2) is 0 Å². The second kappa shape index (κ2) is 3.47. The summed E-state index contributed by atoms with van der Waals surface area (Å²) in [4.78, 5) is 9.53. The van der Waals surface area contributed by atoms with Crippen LogP contribution in [-0.2, 0) is 0 Å². The van der Waals surface area contributed by atoms with Crippen LogP contribution in [0, 0.1) is 0 Å². The van der Waals surface area contributed by atoms with E-state index in [0.717, 1.165) is 14.9 Å². The zero-order valence-corrected chi connectivity index (χ0v) is 9.66. The fraction of sp³-hybridized carbons (Fsp3) is 0. The predicted molar refractivity (Wildman–Crippen MR) is 65.7 cm³/mol. The van der Waals surface area contributed by atoms with Crippen LogP contribution in [0.2, 0.25) is 4.34 Å². The number of imidazole rings is 1. The Morgan fingerprint density at radius 3 is 2.88 bits per heavy atom. The molecule has 2 N–H and O–H groups in total. The summed E-state index contributed by atoms with van der Waals surface area (Å²) in [6, 6.07) is 5.53. The number of thiophene rings is 1. The van der Waals surface area contributed by atoms with Gasteiger partial charge in [-0.25, -0.2) is 4.98 Å². The fourth-order valence-electron chi connectivity index (χ4n) is 1.46. The Hall–Kier alpha value is -1.59. The summed E-state index contributed by atoms with van der Waals surface area (Å²) in [5, 5.41) is 0. The molecule has 3 heterocycles. The van der Waals surface area contributed by atoms with Crippen molar-refractivity contribution in [3.63, 3.8) is 0 Å². The first-order valence-electron chi connectivity index (χ1n) is 4.59. The van der Waals surface area contributed by atoms with Crippen LogP contribution in [0.25, 0.3) is 16.3 Å². The molecule has 0 unspecified atom stereocenters. The van der Waals surface area contributed by atoms with E-state index in [4.69, 9.17) is 17.3 Å². The number of hydrogen-bond acceptors (Lipinski definition) is 4. The summed E-state index contributed by atoms with van der Waals surface area (Å²) in [6.45, 7) is 0. The molecule has 0 aliphatic carbocycles. The van der Waals surface area contributed by atoms with Crippen molar-refractivity contribution in [3.8, 4) is 10.6 Å². The molecular formula is C10H7ClN4S. The molecule has 0 amide bonds. The third kappa shape index (κ3) is 1.54. The molecule has 0 aliphatic heterocycles. The summed E-state index contributed by atoms with van der Waals surface area (Å²) < 4.78 is 2.58. The number of nitrogen functional groups attached to an aromatic ring is 1. The van der Waals surface area contributed by atoms with Gasteiger partial charge in [0.1, 0.15) is 11.5 Å². The van der Waals surface area contributed by atoms with E-state index in [1.54, 1.807) is 6.07 Å². The van der Waals surface area contributed by atoms with Crippen LogP contribution in [-0.4, -0.2) is 14.4 Å². The molecule has 0 atom stereocenters. The average molecular weight is 251 g/mol. The van der Waals surface area contributed by atoms with Crippen molar-refractivity contribution < 1.29 is 0 Å². The summed E-state index contributed by atoms with van der Waals surface area (Å²) in [6.07, 6.45) is 3.74. The van der Waals surface area contributed by atoms with Gasteiger partial charge in [-0.15, -0.1) is 11.3 Å². The van der Waals surface area contributed by atoms with Crippen LogP contribution in [0.5, 0.6) is 0 Å². The molecule has 16 heavy (non-hydrogen) atoms. The first kappa shape index (κ1) is 9.62. The molecule has 0 saturated carbocycles. The third-order valence-corrected chi connectivity index (χ3v) is 3.43. The topological polar surface area (TPSA) is 56.2 Å². The SMILES string of the molecule is Nc1ccn2cc(-c3ccc(Cl)s3)nc2n1. The Morgan fingerprint density at radius 1 is 1.25 bits per heavy atom. The largest absolute Gasteiger partial charge is 0.384 e. The first-order valence-corrected chi connectivity index (χ1v) is 5.79. The normalized spacial score (nSPS) is 11.1. The zero-order chi connectivity index (χ0) is 11.1. The molecular weight excluding hydrogens is 244 g/mol. The van der Waals surface area contributed by atoms with Gasteiger partial charge in [-0.05, 0) is 18.2 Å². The number of aromatic nitrogens is 3. The molecule has 0 saturated heterocycles. The standard InChI is InChI=1S/C10H7ClN4S/c11-8-2-1-7(16-8)6-5-15-4-3-9(12)14-10(15)13-6/h1-5H,(H2,12,13,14). The summed E-state index contributed by atoms with van der Waals surface area (Å²) >= 11 is 7.37. The molecule has 0 aromatic carbocycles. The molecule has 0 fully saturated rings. The minimum atomic E-state index is 0.467. The Balaban J connectivity index is 2.18. The van der Waals surface area contributed by atoms with Crippen molar-refractivity contribution >= 4 is 34.5 Å². The highest BCUT2D eigenvalue weighted by molar-refractivity contribution is 7.19. The van der Waals surface area contributed by atoms with E-state index >= 15 is 0 Å². The van der Waals surface area contributed by atoms with E-state index in [1.807, 2.05) is 28.9 Å². The van der Waals surface area contributed by atoms with Crippen molar-refractivity contribution in [1.29, 1.82) is 0 Å². The monoisotopic (exact) mass is 250 g/mol. The quantitative estimate of drug-likeness (QED) is 0.722. The van der Waals surface area contributed by atoms with Crippen LogP contribution < -0.4 is 5.73 Å². The number of nitrogens with zero attached hydrogens (tertiary/aromatic N) is 3. The van der Waals surface area contributed by atoms with E-state index in [0.29, 0.717) is 11.6 Å². The molecule has 3 aromatic rings. The van der Waals surface area contributed by atoms with Crippen molar-refractivity contribution in [2.75, 3.05) is 5.73 Å². The number of halogens is 1. The van der Waals surface area contributed by atoms with Crippen molar-refractivity contribution in [2.24, 2.45) is 0 Å². The molecule has 6 heteroatoms. The Labute approximate surface area is 100 Å². The smallest absolute Gasteiger partial charge is 0.236 e. The van der Waals surface area contributed by atoms with Crippen LogP contribution >= 0.6 is 22.9 Å². The van der Waals surface area contributed by atoms with Gasteiger partial charge in [-0.1, -0.05) is 11.6 Å². The minimum absolute atomic E-state index is 0.467. The molecule has 3 rings (SSSR count). The summed E-state index contributed by atoms with van der Waals surface area (Å²) in [5.74, 6) is 1.06. The van der Waals surface area contributed by atoms with Gasteiger partial charge in [0.2, 0.25) is 5.78 Å². The third-order valence-electron chi connectivity index (χ3n) is 2.17. The van der Waals surface area contributed by atoms with Crippen molar-refractivity contribution in [3.05, 3.63) is 34.9 Å². The van der Waals surface area contributed by atoms with Crippen molar-refractivity contribution in [1.82, 2.24) is 14.4 Å². The lowest BCUT2D eigenvalue weighted by Gasteiger charge is -1.91. The highest BCUT2D eigenvalue weighted by Gasteiger charge is 2.07. The molecule has 4 nitrogen and oxygen atoms in total. The van der Waals surface area contributed by atoms with Gasteiger partial charge < -0.3 is 5.73 Å². The number of anilines is 1. The molecule has 3 aromatic heterocycles. The first-order chi connectivity index (χ1) is 7.72. The van der Waals surface area contributed by atoms with Gasteiger partial charge in [0, 0.05) is 12.4 Å². The molecule has 0 radical (unpaired) electrons. The van der Waals surface area contributed by atoms with E-state index < -0.39 is 0 Å². The fourth-order valence-corrected chi connectivity index (χ4v) is 2.45.